The van der Waals surface area contributed by atoms with E-state index in [2.05, 4.69) is 17.9 Å². The summed E-state index contributed by atoms with van der Waals surface area (Å²) in [6.07, 6.45) is -0.0131. The van der Waals surface area contributed by atoms with Crippen LogP contribution in [0.3, 0.4) is 0 Å². The summed E-state index contributed by atoms with van der Waals surface area (Å²) >= 11 is 3.82. The Morgan fingerprint density at radius 1 is 1.27 bits per heavy atom. The number of hydrogen-bond donors (Lipinski definition) is 3. The van der Waals surface area contributed by atoms with Crippen molar-refractivity contribution in [3.8, 4) is 0 Å². The molecule has 1 aromatic carbocycles. The van der Waals surface area contributed by atoms with Gasteiger partial charge in [0.2, 0.25) is 5.91 Å². The van der Waals surface area contributed by atoms with E-state index in [4.69, 9.17) is 5.11 Å². The molecule has 0 aliphatic rings. The SMILES string of the molecule is O=C(O)Cc1ccc(NC(=O)CS)cc1. The number of rotatable bonds is 4. The molecule has 5 heteroatoms. The van der Waals surface area contributed by atoms with Crippen LogP contribution in [0.2, 0.25) is 0 Å². The molecule has 0 spiro atoms. The summed E-state index contributed by atoms with van der Waals surface area (Å²) in [7, 11) is 0. The summed E-state index contributed by atoms with van der Waals surface area (Å²) in [6, 6.07) is 6.67. The van der Waals surface area contributed by atoms with Crippen LogP contribution in [0.4, 0.5) is 5.69 Å². The molecule has 0 saturated carbocycles. The van der Waals surface area contributed by atoms with Gasteiger partial charge in [-0.1, -0.05) is 12.1 Å². The monoisotopic (exact) mass is 225 g/mol. The molecule has 0 saturated heterocycles. The first kappa shape index (κ1) is 11.6. The Hall–Kier alpha value is -1.49. The van der Waals surface area contributed by atoms with Crippen molar-refractivity contribution in [1.82, 2.24) is 0 Å². The maximum absolute atomic E-state index is 11.0. The van der Waals surface area contributed by atoms with Gasteiger partial charge in [-0.15, -0.1) is 0 Å². The van der Waals surface area contributed by atoms with Gasteiger partial charge in [0.15, 0.2) is 0 Å². The molecule has 15 heavy (non-hydrogen) atoms. The van der Waals surface area contributed by atoms with Crippen molar-refractivity contribution in [2.24, 2.45) is 0 Å². The van der Waals surface area contributed by atoms with Gasteiger partial charge in [-0.3, -0.25) is 9.59 Å². The molecule has 0 fully saturated rings. The first-order valence-electron chi connectivity index (χ1n) is 4.33. The Morgan fingerprint density at radius 2 is 1.87 bits per heavy atom. The van der Waals surface area contributed by atoms with E-state index in [1.807, 2.05) is 0 Å². The Kier molecular flexibility index (Phi) is 4.17. The minimum absolute atomic E-state index is 0.0131. The summed E-state index contributed by atoms with van der Waals surface area (Å²) in [5, 5.41) is 11.1. The number of thiol groups is 1. The van der Waals surface area contributed by atoms with E-state index < -0.39 is 5.97 Å². The van der Waals surface area contributed by atoms with Gasteiger partial charge >= 0.3 is 5.97 Å². The molecule has 1 amide bonds. The number of anilines is 1. The lowest BCUT2D eigenvalue weighted by Crippen LogP contribution is -2.12. The Morgan fingerprint density at radius 3 is 2.33 bits per heavy atom. The number of nitrogens with one attached hydrogen (secondary N) is 1. The van der Waals surface area contributed by atoms with Crippen molar-refractivity contribution >= 4 is 30.2 Å². The van der Waals surface area contributed by atoms with E-state index in [9.17, 15) is 9.59 Å². The van der Waals surface area contributed by atoms with Crippen molar-refractivity contribution in [3.63, 3.8) is 0 Å². The molecule has 0 aliphatic carbocycles. The highest BCUT2D eigenvalue weighted by Gasteiger charge is 2.01. The smallest absolute Gasteiger partial charge is 0.307 e. The number of carbonyl (C=O) groups excluding carboxylic acids is 1. The Bertz CT molecular complexity index is 361. The second kappa shape index (κ2) is 5.41. The largest absolute Gasteiger partial charge is 0.481 e. The van der Waals surface area contributed by atoms with Crippen molar-refractivity contribution in [1.29, 1.82) is 0 Å². The number of carboxylic acid groups (broad SMARTS) is 1. The highest BCUT2D eigenvalue weighted by Crippen LogP contribution is 2.10. The molecule has 0 radical (unpaired) electrons. The number of amides is 1. The summed E-state index contributed by atoms with van der Waals surface area (Å²) in [4.78, 5) is 21.4. The second-order valence-electron chi connectivity index (χ2n) is 2.97. The molecule has 0 atom stereocenters. The summed E-state index contributed by atoms with van der Waals surface area (Å²) in [6.45, 7) is 0. The maximum atomic E-state index is 11.0. The van der Waals surface area contributed by atoms with Crippen molar-refractivity contribution in [3.05, 3.63) is 29.8 Å². The fraction of sp³-hybridized carbons (Fsp3) is 0.200. The van der Waals surface area contributed by atoms with Gasteiger partial charge < -0.3 is 10.4 Å². The van der Waals surface area contributed by atoms with Gasteiger partial charge in [-0.05, 0) is 17.7 Å². The van der Waals surface area contributed by atoms with Crippen LogP contribution < -0.4 is 5.32 Å². The summed E-state index contributed by atoms with van der Waals surface area (Å²) in [5.74, 6) is -0.942. The van der Waals surface area contributed by atoms with E-state index in [0.29, 0.717) is 11.3 Å². The Labute approximate surface area is 92.7 Å². The van der Waals surface area contributed by atoms with Crippen LogP contribution in [0, 0.1) is 0 Å². The average molecular weight is 225 g/mol. The molecule has 80 valence electrons. The van der Waals surface area contributed by atoms with Crippen LogP contribution in [0.25, 0.3) is 0 Å². The highest BCUT2D eigenvalue weighted by atomic mass is 32.1. The lowest BCUT2D eigenvalue weighted by atomic mass is 10.1. The maximum Gasteiger partial charge on any atom is 0.307 e. The normalized spacial score (nSPS) is 9.67. The van der Waals surface area contributed by atoms with Crippen molar-refractivity contribution in [2.75, 3.05) is 11.1 Å². The molecule has 2 N–H and O–H groups in total. The van der Waals surface area contributed by atoms with Crippen LogP contribution in [0.15, 0.2) is 24.3 Å². The van der Waals surface area contributed by atoms with Crippen LogP contribution in [0.1, 0.15) is 5.56 Å². The average Bonchev–Trinajstić information content (AvgIpc) is 2.20. The van der Waals surface area contributed by atoms with Gasteiger partial charge in [0, 0.05) is 5.69 Å². The number of benzene rings is 1. The molecule has 0 aromatic heterocycles. The fourth-order valence-corrected chi connectivity index (χ4v) is 1.16. The van der Waals surface area contributed by atoms with E-state index >= 15 is 0 Å². The first-order chi connectivity index (χ1) is 7.11. The van der Waals surface area contributed by atoms with Gasteiger partial charge in [0.05, 0.1) is 12.2 Å². The topological polar surface area (TPSA) is 66.4 Å². The molecular weight excluding hydrogens is 214 g/mol. The summed E-state index contributed by atoms with van der Waals surface area (Å²) in [5.41, 5.74) is 1.34. The number of carbonyl (C=O) groups is 2. The molecule has 1 rings (SSSR count). The third-order valence-corrected chi connectivity index (χ3v) is 2.02. The third kappa shape index (κ3) is 4.03. The predicted molar refractivity (Wildman–Crippen MR) is 60.3 cm³/mol. The molecule has 0 bridgehead atoms. The standard InChI is InChI=1S/C10H11NO3S/c12-9(6-15)11-8-3-1-7(2-4-8)5-10(13)14/h1-4,15H,5-6H2,(H,11,12)(H,13,14). The molecule has 0 unspecified atom stereocenters. The van der Waals surface area contributed by atoms with Crippen LogP contribution in [0.5, 0.6) is 0 Å². The van der Waals surface area contributed by atoms with Gasteiger partial charge in [0.1, 0.15) is 0 Å². The van der Waals surface area contributed by atoms with Gasteiger partial charge in [-0.2, -0.15) is 12.6 Å². The third-order valence-electron chi connectivity index (χ3n) is 1.74. The van der Waals surface area contributed by atoms with E-state index in [1.54, 1.807) is 24.3 Å². The quantitative estimate of drug-likeness (QED) is 0.674. The van der Waals surface area contributed by atoms with Gasteiger partial charge in [-0.25, -0.2) is 0 Å². The molecule has 0 heterocycles. The summed E-state index contributed by atoms with van der Waals surface area (Å²) < 4.78 is 0. The minimum atomic E-state index is -0.873. The fourth-order valence-electron chi connectivity index (χ4n) is 1.08. The lowest BCUT2D eigenvalue weighted by molar-refractivity contribution is -0.136. The van der Waals surface area contributed by atoms with Crippen molar-refractivity contribution in [2.45, 2.75) is 6.42 Å². The van der Waals surface area contributed by atoms with E-state index in [0.717, 1.165) is 0 Å². The number of hydrogen-bond acceptors (Lipinski definition) is 3. The molecule has 4 nitrogen and oxygen atoms in total. The van der Waals surface area contributed by atoms with Crippen LogP contribution in [-0.2, 0) is 16.0 Å². The molecule has 0 aliphatic heterocycles. The van der Waals surface area contributed by atoms with Gasteiger partial charge in [0.25, 0.3) is 0 Å². The van der Waals surface area contributed by atoms with Crippen LogP contribution >= 0.6 is 12.6 Å². The Balaban J connectivity index is 2.64. The zero-order valence-electron chi connectivity index (χ0n) is 7.93. The number of aliphatic carboxylic acids is 1. The zero-order valence-corrected chi connectivity index (χ0v) is 8.83. The number of carboxylic acids is 1. The lowest BCUT2D eigenvalue weighted by Gasteiger charge is -2.03. The van der Waals surface area contributed by atoms with Crippen molar-refractivity contribution < 1.29 is 14.7 Å². The second-order valence-corrected chi connectivity index (χ2v) is 3.29. The predicted octanol–water partition coefficient (Wildman–Crippen LogP) is 1.18. The first-order valence-corrected chi connectivity index (χ1v) is 4.96. The minimum Gasteiger partial charge on any atom is -0.481 e. The molecule has 1 aromatic rings. The molecular formula is C10H11NO3S. The van der Waals surface area contributed by atoms with E-state index in [1.165, 1.54) is 0 Å². The van der Waals surface area contributed by atoms with E-state index in [-0.39, 0.29) is 18.1 Å². The zero-order chi connectivity index (χ0) is 11.3. The highest BCUT2D eigenvalue weighted by molar-refractivity contribution is 7.81. The van der Waals surface area contributed by atoms with Crippen LogP contribution in [-0.4, -0.2) is 22.7 Å².